The van der Waals surface area contributed by atoms with E-state index in [-0.39, 0.29) is 22.2 Å². The van der Waals surface area contributed by atoms with E-state index in [4.69, 9.17) is 28.3 Å². The predicted molar refractivity (Wildman–Crippen MR) is 269 cm³/mol. The summed E-state index contributed by atoms with van der Waals surface area (Å²) in [5.74, 6) is 2.14. The van der Waals surface area contributed by atoms with Gasteiger partial charge in [-0.15, -0.1) is 22.7 Å². The lowest BCUT2D eigenvalue weighted by Gasteiger charge is -2.30. The van der Waals surface area contributed by atoms with Gasteiger partial charge in [-0.2, -0.15) is 0 Å². The van der Waals surface area contributed by atoms with Gasteiger partial charge in [-0.1, -0.05) is 165 Å². The first kappa shape index (κ1) is 55.3. The lowest BCUT2D eigenvalue weighted by molar-refractivity contribution is -0.138. The van der Waals surface area contributed by atoms with Crippen LogP contribution in [0.25, 0.3) is 0 Å². The van der Waals surface area contributed by atoms with Crippen molar-refractivity contribution in [3.8, 4) is 0 Å². The van der Waals surface area contributed by atoms with Gasteiger partial charge in [-0.3, -0.25) is 19.2 Å². The quantitative estimate of drug-likeness (QED) is 0.0642. The molecule has 2 aromatic heterocycles. The highest BCUT2D eigenvalue weighted by molar-refractivity contribution is 7.14. The van der Waals surface area contributed by atoms with Gasteiger partial charge in [-0.25, -0.2) is 0 Å². The van der Waals surface area contributed by atoms with Crippen LogP contribution in [0.3, 0.4) is 0 Å². The first-order chi connectivity index (χ1) is 30.0. The molecule has 5 aromatic rings. The van der Waals surface area contributed by atoms with E-state index in [2.05, 4.69) is 117 Å². The minimum atomic E-state index is -0.663. The van der Waals surface area contributed by atoms with E-state index < -0.39 is 5.97 Å². The molecule has 1 saturated carbocycles. The fourth-order valence-electron chi connectivity index (χ4n) is 7.30. The van der Waals surface area contributed by atoms with E-state index in [0.717, 1.165) is 17.7 Å². The molecule has 1 fully saturated rings. The summed E-state index contributed by atoms with van der Waals surface area (Å²) in [4.78, 5) is 46.5. The van der Waals surface area contributed by atoms with Crippen LogP contribution in [-0.2, 0) is 27.2 Å². The van der Waals surface area contributed by atoms with Crippen molar-refractivity contribution in [3.63, 3.8) is 0 Å². The van der Waals surface area contributed by atoms with Crippen molar-refractivity contribution in [2.75, 3.05) is 0 Å². The normalized spacial score (nSPS) is 14.9. The smallest absolute Gasteiger partial charge is 0.303 e. The number of benzene rings is 3. The van der Waals surface area contributed by atoms with Gasteiger partial charge in [0.05, 0.1) is 4.88 Å². The molecule has 0 aliphatic heterocycles. The molecule has 3 unspecified atom stereocenters. The summed E-state index contributed by atoms with van der Waals surface area (Å²) in [5.41, 5.74) is 4.08. The van der Waals surface area contributed by atoms with Crippen molar-refractivity contribution in [2.24, 2.45) is 29.6 Å². The molecule has 0 bridgehead atoms. The van der Waals surface area contributed by atoms with Crippen LogP contribution in [-0.4, -0.2) is 27.3 Å². The highest BCUT2D eigenvalue weighted by Gasteiger charge is 2.30. The number of thiophene rings is 2. The van der Waals surface area contributed by atoms with Crippen molar-refractivity contribution in [1.82, 2.24) is 0 Å². The molecule has 2 heterocycles. The van der Waals surface area contributed by atoms with Crippen LogP contribution in [0.4, 0.5) is 0 Å². The Morgan fingerprint density at radius 3 is 1.51 bits per heavy atom. The number of hydrogen-bond acceptors (Lipinski definition) is 6. The second-order valence-electron chi connectivity index (χ2n) is 17.5. The minimum absolute atomic E-state index is 0.241. The molecule has 9 heteroatoms. The van der Waals surface area contributed by atoms with E-state index in [1.807, 2.05) is 63.3 Å². The van der Waals surface area contributed by atoms with Crippen LogP contribution in [0.5, 0.6) is 0 Å². The molecule has 1 N–H and O–H groups in total. The van der Waals surface area contributed by atoms with Crippen LogP contribution in [0, 0.1) is 29.6 Å². The van der Waals surface area contributed by atoms with Gasteiger partial charge in [0.2, 0.25) is 10.5 Å². The highest BCUT2D eigenvalue weighted by atomic mass is 35.5. The second-order valence-corrected chi connectivity index (χ2v) is 20.5. The maximum atomic E-state index is 11.9. The molecule has 5 nitrogen and oxygen atoms in total. The number of carbonyl (C=O) groups is 4. The Morgan fingerprint density at radius 2 is 1.06 bits per heavy atom. The zero-order chi connectivity index (χ0) is 46.6. The standard InChI is InChI=1S/C17H24O2.C16H18OS.C11H10S.2C5H9ClO/c1-13(12-17(18)19)15-10-6-3-7-11-16(15)14-8-4-2-5-9-14;1-12(2)10-15(17)16-9-8-14(18-16)11-13-6-4-3-5-7-13;1-2-5-10(6-3-1)9-11-7-4-8-12-11;2*1-4(2)3-5(6)7/h2,4-5,8-9,13,15-16H,3,6-7,10-12H2,1H3,(H,18,19);3-9,12H,10-11H2,1-2H3;1-8H,9H2;2*4H,3H2,1-2H3. The maximum absolute atomic E-state index is 11.9. The maximum Gasteiger partial charge on any atom is 0.303 e. The fourth-order valence-corrected chi connectivity index (χ4v) is 9.65. The monoisotopic (exact) mass is 932 g/mol. The molecule has 0 saturated heterocycles. The molecule has 342 valence electrons. The highest BCUT2D eigenvalue weighted by Crippen LogP contribution is 2.41. The third kappa shape index (κ3) is 25.9. The van der Waals surface area contributed by atoms with Gasteiger partial charge in [-0.05, 0) is 112 Å². The molecule has 0 spiro atoms. The number of carboxylic acid groups (broad SMARTS) is 1. The Bertz CT molecular complexity index is 1960. The van der Waals surface area contributed by atoms with E-state index in [9.17, 15) is 19.2 Å². The van der Waals surface area contributed by atoms with Crippen LogP contribution in [0.1, 0.15) is 148 Å². The predicted octanol–water partition coefficient (Wildman–Crippen LogP) is 16.0. The van der Waals surface area contributed by atoms with Crippen LogP contribution in [0.2, 0.25) is 0 Å². The average molecular weight is 934 g/mol. The SMILES string of the molecule is CC(C)CC(=O)Cl.CC(C)CC(=O)Cl.CC(C)CC(=O)c1ccc(Cc2ccccc2)s1.CC(CC(=O)O)C1CCCCCC1c1ccccc1.c1ccc(Cc2cccs2)cc1. The number of ketones is 1. The fraction of sp³-hybridized carbons (Fsp3) is 0.444. The number of hydrogen-bond donors (Lipinski definition) is 1. The average Bonchev–Trinajstić information content (AvgIpc) is 3.85. The van der Waals surface area contributed by atoms with Gasteiger partial charge in [0.15, 0.2) is 5.78 Å². The number of Topliss-reactive ketones (excluding diaryl/α,β-unsaturated/α-hetero) is 1. The molecule has 0 amide bonds. The van der Waals surface area contributed by atoms with Gasteiger partial charge < -0.3 is 5.11 Å². The van der Waals surface area contributed by atoms with Gasteiger partial charge >= 0.3 is 5.97 Å². The first-order valence-corrected chi connectivity index (χ1v) is 24.8. The topological polar surface area (TPSA) is 88.5 Å². The number of carboxylic acids is 1. The summed E-state index contributed by atoms with van der Waals surface area (Å²) in [7, 11) is 0. The van der Waals surface area contributed by atoms with Crippen LogP contribution >= 0.6 is 45.9 Å². The molecule has 0 radical (unpaired) electrons. The number of halogens is 2. The van der Waals surface area contributed by atoms with E-state index in [1.54, 1.807) is 11.3 Å². The summed E-state index contributed by atoms with van der Waals surface area (Å²) in [6.07, 6.45) is 10.1. The van der Waals surface area contributed by atoms with Crippen molar-refractivity contribution in [3.05, 3.63) is 152 Å². The molecular weight excluding hydrogens is 864 g/mol. The molecule has 3 aromatic carbocycles. The Morgan fingerprint density at radius 1 is 0.571 bits per heavy atom. The second kappa shape index (κ2) is 31.9. The summed E-state index contributed by atoms with van der Waals surface area (Å²) >= 11 is 13.5. The Labute approximate surface area is 396 Å². The Balaban J connectivity index is 0.000000287. The molecule has 1 aliphatic carbocycles. The van der Waals surface area contributed by atoms with Crippen LogP contribution in [0.15, 0.2) is 121 Å². The Kier molecular flexibility index (Phi) is 28.0. The molecule has 1 aliphatic rings. The van der Waals surface area contributed by atoms with Gasteiger partial charge in [0.25, 0.3) is 0 Å². The van der Waals surface area contributed by atoms with Crippen molar-refractivity contribution >= 4 is 68.1 Å². The summed E-state index contributed by atoms with van der Waals surface area (Å²) in [6, 6.07) is 39.9. The third-order valence-electron chi connectivity index (χ3n) is 10.2. The summed E-state index contributed by atoms with van der Waals surface area (Å²) in [6.45, 7) is 14.1. The number of carbonyl (C=O) groups excluding carboxylic acids is 3. The lowest BCUT2D eigenvalue weighted by atomic mass is 9.74. The van der Waals surface area contributed by atoms with Crippen molar-refractivity contribution < 1.29 is 24.3 Å². The minimum Gasteiger partial charge on any atom is -0.481 e. The van der Waals surface area contributed by atoms with E-state index in [1.165, 1.54) is 58.5 Å². The molecule has 3 atom stereocenters. The Hall–Kier alpha value is -3.88. The third-order valence-corrected chi connectivity index (χ3v) is 12.5. The molecule has 63 heavy (non-hydrogen) atoms. The van der Waals surface area contributed by atoms with E-state index in [0.29, 0.717) is 55.3 Å². The zero-order valence-electron chi connectivity index (χ0n) is 38.4. The molecular formula is C54H70Cl2O5S2. The zero-order valence-corrected chi connectivity index (χ0v) is 41.6. The van der Waals surface area contributed by atoms with Crippen molar-refractivity contribution in [1.29, 1.82) is 0 Å². The largest absolute Gasteiger partial charge is 0.481 e. The first-order valence-electron chi connectivity index (χ1n) is 22.4. The summed E-state index contributed by atoms with van der Waals surface area (Å²) in [5, 5.41) is 10.7. The van der Waals surface area contributed by atoms with Gasteiger partial charge in [0.1, 0.15) is 0 Å². The summed E-state index contributed by atoms with van der Waals surface area (Å²) < 4.78 is 0. The molecule has 6 rings (SSSR count). The lowest BCUT2D eigenvalue weighted by Crippen LogP contribution is -2.22. The van der Waals surface area contributed by atoms with E-state index >= 15 is 0 Å². The number of aliphatic carboxylic acids is 1. The van der Waals surface area contributed by atoms with Crippen LogP contribution < -0.4 is 0 Å². The van der Waals surface area contributed by atoms with Gasteiger partial charge in [0, 0.05) is 48.3 Å². The van der Waals surface area contributed by atoms with Crippen molar-refractivity contribution in [2.45, 2.75) is 125 Å². The number of rotatable bonds is 15.